The van der Waals surface area contributed by atoms with Crippen LogP contribution < -0.4 is 5.73 Å². The Morgan fingerprint density at radius 1 is 1.41 bits per heavy atom. The Bertz CT molecular complexity index is 992. The summed E-state index contributed by atoms with van der Waals surface area (Å²) in [6.07, 6.45) is 1.12. The molecule has 10 nitrogen and oxygen atoms in total. The molecule has 0 bridgehead atoms. The number of rotatable bonds is 5. The maximum atomic E-state index is 12.1. The van der Waals surface area contributed by atoms with Gasteiger partial charge in [0.25, 0.3) is 5.69 Å². The molecule has 0 amide bonds. The summed E-state index contributed by atoms with van der Waals surface area (Å²) in [5, 5.41) is 20.5. The van der Waals surface area contributed by atoms with Gasteiger partial charge in [-0.1, -0.05) is 11.6 Å². The van der Waals surface area contributed by atoms with Gasteiger partial charge in [0, 0.05) is 12.3 Å². The number of ether oxygens (including phenoxy) is 2. The number of carbonyl (C=O) groups is 2. The molecule has 0 fully saturated rings. The van der Waals surface area contributed by atoms with Gasteiger partial charge in [-0.05, 0) is 13.0 Å². The van der Waals surface area contributed by atoms with Gasteiger partial charge in [-0.2, -0.15) is 5.26 Å². The van der Waals surface area contributed by atoms with Crippen LogP contribution in [-0.2, 0) is 9.47 Å². The van der Waals surface area contributed by atoms with E-state index < -0.39 is 22.5 Å². The number of nitrogens with two attached hydrogens (primary N) is 1. The molecule has 0 unspecified atom stereocenters. The van der Waals surface area contributed by atoms with Crippen molar-refractivity contribution in [2.24, 2.45) is 0 Å². The van der Waals surface area contributed by atoms with Gasteiger partial charge in [-0.15, -0.1) is 0 Å². The van der Waals surface area contributed by atoms with E-state index in [9.17, 15) is 19.7 Å². The minimum Gasteiger partial charge on any atom is -0.464 e. The highest BCUT2D eigenvalue weighted by Gasteiger charge is 2.29. The summed E-state index contributed by atoms with van der Waals surface area (Å²) >= 11 is 6.17. The molecule has 0 atom stereocenters. The van der Waals surface area contributed by atoms with Crippen molar-refractivity contribution in [3.8, 4) is 11.8 Å². The van der Waals surface area contributed by atoms with Crippen LogP contribution in [0.3, 0.4) is 0 Å². The summed E-state index contributed by atoms with van der Waals surface area (Å²) < 4.78 is 10.4. The molecule has 0 saturated carbocycles. The highest BCUT2D eigenvalue weighted by molar-refractivity contribution is 6.33. The molecule has 0 aliphatic heterocycles. The summed E-state index contributed by atoms with van der Waals surface area (Å²) in [5.74, 6) is -1.72. The van der Waals surface area contributed by atoms with Crippen LogP contribution in [0, 0.1) is 21.4 Å². The molecule has 0 aliphatic carbocycles. The molecule has 1 aromatic heterocycles. The number of nitrogen functional groups attached to an aromatic ring is 1. The Labute approximate surface area is 157 Å². The summed E-state index contributed by atoms with van der Waals surface area (Å²) in [6.45, 7) is 1.65. The van der Waals surface area contributed by atoms with E-state index in [0.29, 0.717) is 0 Å². The number of nitrogens with zero attached hydrogens (tertiary/aromatic N) is 3. The predicted octanol–water partition coefficient (Wildman–Crippen LogP) is 2.46. The maximum absolute atomic E-state index is 12.1. The Kier molecular flexibility index (Phi) is 5.67. The number of hydrogen-bond acceptors (Lipinski definition) is 8. The van der Waals surface area contributed by atoms with Crippen LogP contribution in [-0.4, -0.2) is 35.1 Å². The maximum Gasteiger partial charge on any atom is 0.357 e. The first-order chi connectivity index (χ1) is 12.8. The normalized spacial score (nSPS) is 10.1. The molecular weight excluding hydrogens is 380 g/mol. The van der Waals surface area contributed by atoms with Crippen LogP contribution in [0.2, 0.25) is 5.02 Å². The molecule has 0 spiro atoms. The quantitative estimate of drug-likeness (QED) is 0.462. The van der Waals surface area contributed by atoms with E-state index in [1.807, 2.05) is 0 Å². The first kappa shape index (κ1) is 19.7. The number of carbonyl (C=O) groups excluding carboxylic acids is 2. The first-order valence-electron chi connectivity index (χ1n) is 7.41. The van der Waals surface area contributed by atoms with Crippen LogP contribution in [0.4, 0.5) is 11.4 Å². The number of aromatic nitrogens is 1. The molecule has 0 radical (unpaired) electrons. The van der Waals surface area contributed by atoms with E-state index in [-0.39, 0.29) is 39.8 Å². The van der Waals surface area contributed by atoms with Gasteiger partial charge < -0.3 is 19.8 Å². The molecule has 0 aliphatic rings. The van der Waals surface area contributed by atoms with E-state index in [2.05, 4.69) is 4.74 Å². The van der Waals surface area contributed by atoms with E-state index in [1.54, 1.807) is 13.0 Å². The number of hydrogen-bond donors (Lipinski definition) is 1. The fraction of sp³-hybridized carbons (Fsp3) is 0.188. The van der Waals surface area contributed by atoms with Gasteiger partial charge >= 0.3 is 11.9 Å². The lowest BCUT2D eigenvalue weighted by molar-refractivity contribution is -0.384. The van der Waals surface area contributed by atoms with Gasteiger partial charge in [-0.3, -0.25) is 10.1 Å². The van der Waals surface area contributed by atoms with Crippen molar-refractivity contribution in [2.45, 2.75) is 6.92 Å². The molecule has 2 N–H and O–H groups in total. The topological polar surface area (TPSA) is 150 Å². The van der Waals surface area contributed by atoms with E-state index in [1.165, 1.54) is 0 Å². The minimum absolute atomic E-state index is 0.0676. The average Bonchev–Trinajstić information content (AvgIpc) is 2.96. The first-order valence-corrected chi connectivity index (χ1v) is 7.79. The Hall–Kier alpha value is -3.58. The highest BCUT2D eigenvalue weighted by atomic mass is 35.5. The molecule has 2 rings (SSSR count). The zero-order valence-corrected chi connectivity index (χ0v) is 14.9. The Morgan fingerprint density at radius 2 is 2.07 bits per heavy atom. The monoisotopic (exact) mass is 392 g/mol. The van der Waals surface area contributed by atoms with Crippen molar-refractivity contribution < 1.29 is 24.0 Å². The van der Waals surface area contributed by atoms with Gasteiger partial charge in [0.1, 0.15) is 11.8 Å². The number of methoxy groups -OCH3 is 1. The minimum atomic E-state index is -0.922. The second-order valence-corrected chi connectivity index (χ2v) is 5.49. The van der Waals surface area contributed by atoms with E-state index in [4.69, 9.17) is 27.3 Å². The number of nitriles is 1. The molecular formula is C16H13ClN4O6. The standard InChI is InChI=1S/C16H13ClN4O6/c1-3-27-15(22)8-4-10(17)13(11(5-8)21(24)25)20-7-9(6-18)12(19)14(20)16(23)26-2/h4-5,7H,3,19H2,1-2H3. The molecule has 140 valence electrons. The van der Waals surface area contributed by atoms with E-state index in [0.717, 1.165) is 30.0 Å². The zero-order chi connectivity index (χ0) is 20.3. The van der Waals surface area contributed by atoms with Crippen molar-refractivity contribution in [3.63, 3.8) is 0 Å². The number of nitro benzene ring substituents is 1. The summed E-state index contributed by atoms with van der Waals surface area (Å²) in [7, 11) is 1.09. The van der Waals surface area contributed by atoms with Crippen molar-refractivity contribution in [3.05, 3.63) is 50.3 Å². The number of nitro groups is 1. The van der Waals surface area contributed by atoms with Crippen molar-refractivity contribution in [1.29, 1.82) is 5.26 Å². The zero-order valence-electron chi connectivity index (χ0n) is 14.2. The molecule has 1 aromatic carbocycles. The third kappa shape index (κ3) is 3.54. The van der Waals surface area contributed by atoms with Gasteiger partial charge in [0.2, 0.25) is 0 Å². The lowest BCUT2D eigenvalue weighted by atomic mass is 10.1. The van der Waals surface area contributed by atoms with Crippen molar-refractivity contribution in [2.75, 3.05) is 19.5 Å². The number of halogens is 1. The van der Waals surface area contributed by atoms with Crippen LogP contribution in [0.1, 0.15) is 33.3 Å². The number of esters is 2. The highest BCUT2D eigenvalue weighted by Crippen LogP contribution is 2.36. The fourth-order valence-corrected chi connectivity index (χ4v) is 2.69. The van der Waals surface area contributed by atoms with Gasteiger partial charge in [0.15, 0.2) is 5.69 Å². The Balaban J connectivity index is 2.84. The van der Waals surface area contributed by atoms with Crippen molar-refractivity contribution >= 4 is 34.9 Å². The van der Waals surface area contributed by atoms with Crippen molar-refractivity contribution in [1.82, 2.24) is 4.57 Å². The van der Waals surface area contributed by atoms with Crippen LogP contribution in [0.25, 0.3) is 5.69 Å². The van der Waals surface area contributed by atoms with Gasteiger partial charge in [0.05, 0.1) is 40.5 Å². The third-order valence-electron chi connectivity index (χ3n) is 3.54. The number of anilines is 1. The van der Waals surface area contributed by atoms with Crippen LogP contribution in [0.5, 0.6) is 0 Å². The molecule has 11 heteroatoms. The lowest BCUT2D eigenvalue weighted by Gasteiger charge is -2.12. The average molecular weight is 393 g/mol. The smallest absolute Gasteiger partial charge is 0.357 e. The summed E-state index contributed by atoms with van der Waals surface area (Å²) in [4.78, 5) is 34.8. The molecule has 27 heavy (non-hydrogen) atoms. The lowest BCUT2D eigenvalue weighted by Crippen LogP contribution is -2.13. The largest absolute Gasteiger partial charge is 0.464 e. The van der Waals surface area contributed by atoms with Crippen LogP contribution >= 0.6 is 11.6 Å². The second-order valence-electron chi connectivity index (χ2n) is 5.08. The van der Waals surface area contributed by atoms with Crippen LogP contribution in [0.15, 0.2) is 18.3 Å². The van der Waals surface area contributed by atoms with Gasteiger partial charge in [-0.25, -0.2) is 9.59 Å². The predicted molar refractivity (Wildman–Crippen MR) is 93.9 cm³/mol. The SMILES string of the molecule is CCOC(=O)c1cc(Cl)c(-n2cc(C#N)c(N)c2C(=O)OC)c([N+](=O)[O-])c1. The third-order valence-corrected chi connectivity index (χ3v) is 3.82. The summed E-state index contributed by atoms with van der Waals surface area (Å²) in [6, 6.07) is 3.90. The van der Waals surface area contributed by atoms with E-state index >= 15 is 0 Å². The molecule has 2 aromatic rings. The fourth-order valence-electron chi connectivity index (χ4n) is 2.39. The molecule has 0 saturated heterocycles. The second kappa shape index (κ2) is 7.76. The Morgan fingerprint density at radius 3 is 2.59 bits per heavy atom. The number of benzene rings is 1. The molecule has 1 heterocycles. The summed E-state index contributed by atoms with van der Waals surface area (Å²) in [5.41, 5.74) is 4.19.